The van der Waals surface area contributed by atoms with Gasteiger partial charge < -0.3 is 9.47 Å². The van der Waals surface area contributed by atoms with Crippen LogP contribution < -0.4 is 5.56 Å². The molecule has 2 aromatic rings. The van der Waals surface area contributed by atoms with Crippen LogP contribution in [0.5, 0.6) is 0 Å². The van der Waals surface area contributed by atoms with Crippen molar-refractivity contribution in [1.29, 1.82) is 0 Å². The van der Waals surface area contributed by atoms with Crippen molar-refractivity contribution >= 4 is 5.91 Å². The lowest BCUT2D eigenvalue weighted by Crippen LogP contribution is -2.37. The van der Waals surface area contributed by atoms with Crippen LogP contribution in [0.25, 0.3) is 0 Å². The van der Waals surface area contributed by atoms with E-state index in [1.54, 1.807) is 35.0 Å². The highest BCUT2D eigenvalue weighted by Crippen LogP contribution is 2.19. The minimum atomic E-state index is -0.0696. The fraction of sp³-hybridized carbons (Fsp3) is 0.412. The fourth-order valence-corrected chi connectivity index (χ4v) is 2.74. The van der Waals surface area contributed by atoms with E-state index in [0.29, 0.717) is 25.1 Å². The highest BCUT2D eigenvalue weighted by molar-refractivity contribution is 5.93. The molecule has 0 bridgehead atoms. The highest BCUT2D eigenvalue weighted by atomic mass is 16.2. The normalized spacial score (nSPS) is 14.0. The monoisotopic (exact) mass is 312 g/mol. The Bertz CT molecular complexity index is 793. The molecule has 0 aromatic carbocycles. The van der Waals surface area contributed by atoms with Gasteiger partial charge in [-0.2, -0.15) is 0 Å². The predicted octanol–water partition coefficient (Wildman–Crippen LogP) is 1.50. The fourth-order valence-electron chi connectivity index (χ4n) is 2.74. The lowest BCUT2D eigenvalue weighted by Gasteiger charge is -2.29. The van der Waals surface area contributed by atoms with E-state index in [2.05, 4.69) is 9.97 Å². The van der Waals surface area contributed by atoms with Gasteiger partial charge in [-0.15, -0.1) is 0 Å². The zero-order valence-corrected chi connectivity index (χ0v) is 13.6. The first-order valence-electron chi connectivity index (χ1n) is 7.75. The van der Waals surface area contributed by atoms with Gasteiger partial charge in [0.1, 0.15) is 5.82 Å². The number of hydrogen-bond donors (Lipinski definition) is 0. The molecule has 0 spiro atoms. The molecule has 120 valence electrons. The van der Waals surface area contributed by atoms with Gasteiger partial charge in [-0.3, -0.25) is 9.59 Å². The number of aryl methyl sites for hydroxylation is 1. The second-order valence-corrected chi connectivity index (χ2v) is 6.23. The van der Waals surface area contributed by atoms with E-state index in [1.165, 1.54) is 0 Å². The summed E-state index contributed by atoms with van der Waals surface area (Å²) in [5.74, 6) is 0.905. The molecule has 0 saturated heterocycles. The summed E-state index contributed by atoms with van der Waals surface area (Å²) in [7, 11) is 1.72. The molecule has 0 atom stereocenters. The highest BCUT2D eigenvalue weighted by Gasteiger charge is 2.23. The van der Waals surface area contributed by atoms with Crippen LogP contribution >= 0.6 is 0 Å². The second-order valence-electron chi connectivity index (χ2n) is 6.23. The van der Waals surface area contributed by atoms with Crippen molar-refractivity contribution in [2.45, 2.75) is 32.7 Å². The SMILES string of the molecule is CC(C)c1ncc(C(=O)N2CCc3cc(=O)n(C)cc3C2)cn1. The lowest BCUT2D eigenvalue weighted by atomic mass is 10.0. The first-order chi connectivity index (χ1) is 11.0. The maximum atomic E-state index is 12.6. The number of amides is 1. The van der Waals surface area contributed by atoms with E-state index in [1.807, 2.05) is 20.0 Å². The van der Waals surface area contributed by atoms with Crippen LogP contribution in [0.2, 0.25) is 0 Å². The lowest BCUT2D eigenvalue weighted by molar-refractivity contribution is 0.0733. The first kappa shape index (κ1) is 15.4. The molecular formula is C17H20N4O2. The van der Waals surface area contributed by atoms with Crippen LogP contribution in [-0.4, -0.2) is 31.9 Å². The maximum Gasteiger partial charge on any atom is 0.257 e. The molecule has 3 heterocycles. The third-order valence-electron chi connectivity index (χ3n) is 4.14. The van der Waals surface area contributed by atoms with Crippen molar-refractivity contribution in [2.24, 2.45) is 7.05 Å². The minimum Gasteiger partial charge on any atom is -0.334 e. The van der Waals surface area contributed by atoms with Crippen molar-refractivity contribution in [2.75, 3.05) is 6.54 Å². The summed E-state index contributed by atoms with van der Waals surface area (Å²) < 4.78 is 1.55. The van der Waals surface area contributed by atoms with Gasteiger partial charge in [-0.1, -0.05) is 13.8 Å². The van der Waals surface area contributed by atoms with Gasteiger partial charge in [0.25, 0.3) is 11.5 Å². The molecule has 0 N–H and O–H groups in total. The van der Waals surface area contributed by atoms with Gasteiger partial charge in [0.2, 0.25) is 0 Å². The largest absolute Gasteiger partial charge is 0.334 e. The molecule has 1 aliphatic rings. The molecule has 6 heteroatoms. The summed E-state index contributed by atoms with van der Waals surface area (Å²) >= 11 is 0. The van der Waals surface area contributed by atoms with E-state index >= 15 is 0 Å². The summed E-state index contributed by atoms with van der Waals surface area (Å²) in [4.78, 5) is 34.6. The molecule has 0 aliphatic carbocycles. The molecule has 1 aliphatic heterocycles. The predicted molar refractivity (Wildman–Crippen MR) is 86.2 cm³/mol. The molecule has 1 amide bonds. The van der Waals surface area contributed by atoms with Gasteiger partial charge in [0.05, 0.1) is 5.56 Å². The molecule has 3 rings (SSSR count). The van der Waals surface area contributed by atoms with Crippen LogP contribution in [-0.2, 0) is 20.0 Å². The molecule has 0 radical (unpaired) electrons. The number of aromatic nitrogens is 3. The number of fused-ring (bicyclic) bond motifs is 1. The second kappa shape index (κ2) is 5.95. The molecule has 23 heavy (non-hydrogen) atoms. The standard InChI is InChI=1S/C17H20N4O2/c1-11(2)16-18-7-13(8-19-16)17(23)21-5-4-12-6-15(22)20(3)9-14(12)10-21/h6-9,11H,4-5,10H2,1-3H3. The molecule has 2 aromatic heterocycles. The Morgan fingerprint density at radius 2 is 1.91 bits per heavy atom. The van der Waals surface area contributed by atoms with Gasteiger partial charge in [-0.25, -0.2) is 9.97 Å². The molecular weight excluding hydrogens is 292 g/mol. The Balaban J connectivity index is 1.81. The topological polar surface area (TPSA) is 68.1 Å². The number of carbonyl (C=O) groups is 1. The Morgan fingerprint density at radius 1 is 1.22 bits per heavy atom. The van der Waals surface area contributed by atoms with Crippen molar-refractivity contribution in [3.05, 3.63) is 57.5 Å². The van der Waals surface area contributed by atoms with Crippen molar-refractivity contribution in [3.8, 4) is 0 Å². The summed E-state index contributed by atoms with van der Waals surface area (Å²) in [6, 6.07) is 1.66. The summed E-state index contributed by atoms with van der Waals surface area (Å²) in [5.41, 5.74) is 2.54. The van der Waals surface area contributed by atoms with E-state index in [0.717, 1.165) is 17.0 Å². The number of nitrogens with zero attached hydrogens (tertiary/aromatic N) is 4. The zero-order valence-electron chi connectivity index (χ0n) is 13.6. The summed E-state index contributed by atoms with van der Waals surface area (Å²) in [5, 5.41) is 0. The van der Waals surface area contributed by atoms with Crippen LogP contribution in [0.4, 0.5) is 0 Å². The average molecular weight is 312 g/mol. The maximum absolute atomic E-state index is 12.6. The van der Waals surface area contributed by atoms with Gasteiger partial charge >= 0.3 is 0 Å². The third kappa shape index (κ3) is 3.02. The average Bonchev–Trinajstić information content (AvgIpc) is 2.55. The molecule has 6 nitrogen and oxygen atoms in total. The quantitative estimate of drug-likeness (QED) is 0.843. The Morgan fingerprint density at radius 3 is 2.57 bits per heavy atom. The zero-order chi connectivity index (χ0) is 16.6. The Kier molecular flexibility index (Phi) is 3.98. The van der Waals surface area contributed by atoms with Crippen molar-refractivity contribution in [3.63, 3.8) is 0 Å². The van der Waals surface area contributed by atoms with E-state index < -0.39 is 0 Å². The van der Waals surface area contributed by atoms with Gasteiger partial charge in [0.15, 0.2) is 0 Å². The minimum absolute atomic E-state index is 0.0128. The molecule has 0 fully saturated rings. The third-order valence-corrected chi connectivity index (χ3v) is 4.14. The van der Waals surface area contributed by atoms with E-state index in [-0.39, 0.29) is 17.4 Å². The van der Waals surface area contributed by atoms with Crippen LogP contribution in [0.3, 0.4) is 0 Å². The van der Waals surface area contributed by atoms with Gasteiger partial charge in [-0.05, 0) is 17.5 Å². The first-order valence-corrected chi connectivity index (χ1v) is 7.75. The number of carbonyl (C=O) groups excluding carboxylic acids is 1. The van der Waals surface area contributed by atoms with Crippen LogP contribution in [0.1, 0.15) is 47.1 Å². The van der Waals surface area contributed by atoms with E-state index in [9.17, 15) is 9.59 Å². The van der Waals surface area contributed by atoms with Gasteiger partial charge in [0, 0.05) is 50.7 Å². The molecule has 0 unspecified atom stereocenters. The van der Waals surface area contributed by atoms with E-state index in [4.69, 9.17) is 0 Å². The van der Waals surface area contributed by atoms with Crippen molar-refractivity contribution < 1.29 is 4.79 Å². The number of pyridine rings is 1. The molecule has 0 saturated carbocycles. The smallest absolute Gasteiger partial charge is 0.257 e. The summed E-state index contributed by atoms with van der Waals surface area (Å²) in [6.45, 7) is 5.14. The van der Waals surface area contributed by atoms with Crippen LogP contribution in [0, 0.1) is 0 Å². The number of hydrogen-bond acceptors (Lipinski definition) is 4. The van der Waals surface area contributed by atoms with Crippen molar-refractivity contribution in [1.82, 2.24) is 19.4 Å². The number of rotatable bonds is 2. The summed E-state index contributed by atoms with van der Waals surface area (Å²) in [6.07, 6.45) is 5.71. The van der Waals surface area contributed by atoms with Crippen LogP contribution in [0.15, 0.2) is 29.5 Å². The Hall–Kier alpha value is -2.50. The Labute approximate surface area is 134 Å².